The van der Waals surface area contributed by atoms with Crippen molar-refractivity contribution in [3.63, 3.8) is 0 Å². The van der Waals surface area contributed by atoms with Gasteiger partial charge in [-0.1, -0.05) is 41.7 Å². The van der Waals surface area contributed by atoms with Crippen LogP contribution in [-0.4, -0.2) is 30.1 Å². The highest BCUT2D eigenvalue weighted by Crippen LogP contribution is 2.28. The number of carbonyl (C=O) groups excluding carboxylic acids is 1. The Labute approximate surface area is 147 Å². The summed E-state index contributed by atoms with van der Waals surface area (Å²) >= 11 is 17.5. The van der Waals surface area contributed by atoms with Gasteiger partial charge in [0.15, 0.2) is 5.69 Å². The van der Waals surface area contributed by atoms with E-state index in [1.54, 1.807) is 0 Å². The van der Waals surface area contributed by atoms with Gasteiger partial charge in [-0.15, -0.1) is 0 Å². The van der Waals surface area contributed by atoms with Crippen molar-refractivity contribution in [1.82, 2.24) is 9.97 Å². The van der Waals surface area contributed by atoms with Crippen LogP contribution in [0.2, 0.25) is 15.1 Å². The molecule has 0 aliphatic rings. The van der Waals surface area contributed by atoms with Crippen LogP contribution in [0.3, 0.4) is 0 Å². The Hall–Kier alpha value is -1.41. The third-order valence-corrected chi connectivity index (χ3v) is 4.99. The van der Waals surface area contributed by atoms with Gasteiger partial charge in [0.25, 0.3) is 0 Å². The smallest absolute Gasteiger partial charge is 0.364 e. The lowest BCUT2D eigenvalue weighted by molar-refractivity contribution is 0.0727. The molecule has 0 atom stereocenters. The Balaban J connectivity index is 2.37. The molecule has 23 heavy (non-hydrogen) atoms. The molecule has 0 aliphatic carbocycles. The largest absolute Gasteiger partial charge is 0.420 e. The third-order valence-electron chi connectivity index (χ3n) is 2.67. The molecule has 1 heterocycles. The van der Waals surface area contributed by atoms with E-state index in [0.717, 1.165) is 6.20 Å². The fraction of sp³-hybridized carbons (Fsp3) is 0.154. The lowest BCUT2D eigenvalue weighted by Gasteiger charge is -2.08. The molecule has 0 unspecified atom stereocenters. The lowest BCUT2D eigenvalue weighted by Crippen LogP contribution is -2.16. The van der Waals surface area contributed by atoms with Gasteiger partial charge >= 0.3 is 5.97 Å². The molecule has 0 N–H and O–H groups in total. The zero-order valence-corrected chi connectivity index (χ0v) is 14.7. The van der Waals surface area contributed by atoms with Crippen molar-refractivity contribution in [3.05, 3.63) is 45.2 Å². The van der Waals surface area contributed by atoms with Gasteiger partial charge in [0.05, 0.1) is 22.0 Å². The summed E-state index contributed by atoms with van der Waals surface area (Å²) < 4.78 is 28.6. The van der Waals surface area contributed by atoms with Gasteiger partial charge in [0, 0.05) is 5.02 Å². The second-order valence-corrected chi connectivity index (χ2v) is 7.64. The number of sulfone groups is 1. The summed E-state index contributed by atoms with van der Waals surface area (Å²) in [5.74, 6) is -1.14. The molecule has 1 aromatic heterocycles. The van der Waals surface area contributed by atoms with Crippen molar-refractivity contribution in [2.24, 2.45) is 0 Å². The molecule has 2 aromatic rings. The van der Waals surface area contributed by atoms with Gasteiger partial charge in [-0.2, -0.15) is 0 Å². The molecule has 10 heteroatoms. The van der Waals surface area contributed by atoms with Crippen molar-refractivity contribution in [3.8, 4) is 5.75 Å². The Kier molecular flexibility index (Phi) is 5.46. The van der Waals surface area contributed by atoms with Crippen LogP contribution < -0.4 is 4.74 Å². The topological polar surface area (TPSA) is 86.2 Å². The maximum absolute atomic E-state index is 12.2. The molecule has 0 spiro atoms. The summed E-state index contributed by atoms with van der Waals surface area (Å²) in [6.45, 7) is 1.43. The highest BCUT2D eigenvalue weighted by atomic mass is 35.5. The van der Waals surface area contributed by atoms with Gasteiger partial charge in [0.2, 0.25) is 15.0 Å². The molecule has 6 nitrogen and oxygen atoms in total. The van der Waals surface area contributed by atoms with Crippen LogP contribution in [0.4, 0.5) is 0 Å². The summed E-state index contributed by atoms with van der Waals surface area (Å²) in [4.78, 5) is 19.5. The number of hydrogen-bond acceptors (Lipinski definition) is 6. The van der Waals surface area contributed by atoms with Crippen LogP contribution in [0.1, 0.15) is 17.4 Å². The van der Waals surface area contributed by atoms with Crippen molar-refractivity contribution < 1.29 is 17.9 Å². The lowest BCUT2D eigenvalue weighted by atomic mass is 10.3. The molecule has 0 bridgehead atoms. The molecule has 0 fully saturated rings. The van der Waals surface area contributed by atoms with Crippen molar-refractivity contribution in [1.29, 1.82) is 0 Å². The van der Waals surface area contributed by atoms with E-state index in [9.17, 15) is 13.2 Å². The van der Waals surface area contributed by atoms with Gasteiger partial charge in [-0.05, 0) is 18.2 Å². The van der Waals surface area contributed by atoms with Crippen LogP contribution in [0.25, 0.3) is 0 Å². The normalized spacial score (nSPS) is 11.3. The summed E-state index contributed by atoms with van der Waals surface area (Å²) in [6, 6.07) is 4.26. The first-order valence-electron chi connectivity index (χ1n) is 6.17. The molecular formula is C13H9Cl3N2O4S. The first-order valence-corrected chi connectivity index (χ1v) is 8.95. The second kappa shape index (κ2) is 7.00. The molecular weight excluding hydrogens is 387 g/mol. The van der Waals surface area contributed by atoms with Crippen LogP contribution >= 0.6 is 34.8 Å². The quantitative estimate of drug-likeness (QED) is 0.448. The molecule has 0 amide bonds. The van der Waals surface area contributed by atoms with E-state index >= 15 is 0 Å². The molecule has 1 aromatic carbocycles. The molecule has 0 saturated heterocycles. The number of benzene rings is 1. The molecule has 122 valence electrons. The third kappa shape index (κ3) is 4.11. The monoisotopic (exact) mass is 394 g/mol. The van der Waals surface area contributed by atoms with E-state index in [1.165, 1.54) is 25.1 Å². The van der Waals surface area contributed by atoms with E-state index in [-0.39, 0.29) is 27.2 Å². The van der Waals surface area contributed by atoms with Crippen molar-refractivity contribution in [2.45, 2.75) is 12.1 Å². The van der Waals surface area contributed by atoms with Gasteiger partial charge in [-0.3, -0.25) is 0 Å². The molecule has 2 rings (SSSR count). The minimum absolute atomic E-state index is 0.0376. The first kappa shape index (κ1) is 17.9. The zero-order chi connectivity index (χ0) is 17.2. The van der Waals surface area contributed by atoms with Crippen molar-refractivity contribution in [2.75, 3.05) is 5.75 Å². The maximum atomic E-state index is 12.2. The highest BCUT2D eigenvalue weighted by Gasteiger charge is 2.22. The van der Waals surface area contributed by atoms with Crippen LogP contribution in [0.5, 0.6) is 5.75 Å². The van der Waals surface area contributed by atoms with Gasteiger partial charge in [-0.25, -0.2) is 23.2 Å². The van der Waals surface area contributed by atoms with Crippen LogP contribution in [0, 0.1) is 0 Å². The number of nitrogens with zero attached hydrogens (tertiary/aromatic N) is 2. The van der Waals surface area contributed by atoms with E-state index in [2.05, 4.69) is 9.97 Å². The van der Waals surface area contributed by atoms with Crippen LogP contribution in [0.15, 0.2) is 29.6 Å². The molecule has 0 radical (unpaired) electrons. The second-order valence-electron chi connectivity index (χ2n) is 4.22. The number of esters is 1. The Morgan fingerprint density at radius 2 is 1.91 bits per heavy atom. The van der Waals surface area contributed by atoms with Crippen LogP contribution in [-0.2, 0) is 9.84 Å². The van der Waals surface area contributed by atoms with E-state index < -0.39 is 21.0 Å². The van der Waals surface area contributed by atoms with Crippen molar-refractivity contribution >= 4 is 50.6 Å². The predicted molar refractivity (Wildman–Crippen MR) is 86.2 cm³/mol. The Morgan fingerprint density at radius 3 is 2.52 bits per heavy atom. The summed E-state index contributed by atoms with van der Waals surface area (Å²) in [5.41, 5.74) is -0.375. The Morgan fingerprint density at radius 1 is 1.22 bits per heavy atom. The zero-order valence-electron chi connectivity index (χ0n) is 11.6. The van der Waals surface area contributed by atoms with Gasteiger partial charge < -0.3 is 4.74 Å². The highest BCUT2D eigenvalue weighted by molar-refractivity contribution is 7.91. The Bertz CT molecular complexity index is 872. The maximum Gasteiger partial charge on any atom is 0.364 e. The molecule has 0 saturated carbocycles. The number of ether oxygens (including phenoxy) is 1. The summed E-state index contributed by atoms with van der Waals surface area (Å²) in [7, 11) is -3.69. The SMILES string of the molecule is CCS(=O)(=O)c1ncc(Cl)c(C(=O)Oc2ccc(Cl)cc2Cl)n1. The first-order chi connectivity index (χ1) is 10.7. The van der Waals surface area contributed by atoms with Gasteiger partial charge in [0.1, 0.15) is 5.75 Å². The predicted octanol–water partition coefficient (Wildman–Crippen LogP) is 3.45. The van der Waals surface area contributed by atoms with E-state index in [4.69, 9.17) is 39.5 Å². The number of aromatic nitrogens is 2. The summed E-state index contributed by atoms with van der Waals surface area (Å²) in [6.07, 6.45) is 1.02. The van der Waals surface area contributed by atoms with E-state index in [1.807, 2.05) is 0 Å². The fourth-order valence-electron chi connectivity index (χ4n) is 1.48. The van der Waals surface area contributed by atoms with E-state index in [0.29, 0.717) is 5.02 Å². The number of carbonyl (C=O) groups is 1. The molecule has 0 aliphatic heterocycles. The number of halogens is 3. The number of rotatable bonds is 4. The minimum atomic E-state index is -3.69. The average Bonchev–Trinajstić information content (AvgIpc) is 2.50. The number of hydrogen-bond donors (Lipinski definition) is 0. The summed E-state index contributed by atoms with van der Waals surface area (Å²) in [5, 5.41) is -0.169. The average molecular weight is 396 g/mol. The fourth-order valence-corrected chi connectivity index (χ4v) is 2.80. The minimum Gasteiger partial charge on any atom is -0.420 e. The standard InChI is InChI=1S/C13H9Cl3N2O4S/c1-2-23(20,21)13-17-6-9(16)11(18-13)12(19)22-10-4-3-7(14)5-8(10)15/h3-6H,2H2,1H3.